The van der Waals surface area contributed by atoms with Gasteiger partial charge in [0.2, 0.25) is 0 Å². The molecule has 2 rings (SSSR count). The molecule has 22 heavy (non-hydrogen) atoms. The summed E-state index contributed by atoms with van der Waals surface area (Å²) in [7, 11) is 0. The minimum atomic E-state index is -0.255. The van der Waals surface area contributed by atoms with Crippen molar-refractivity contribution in [2.24, 2.45) is 0 Å². The lowest BCUT2D eigenvalue weighted by Crippen LogP contribution is -2.20. The molecule has 116 valence electrons. The lowest BCUT2D eigenvalue weighted by atomic mass is 10.1. The van der Waals surface area contributed by atoms with Gasteiger partial charge in [0.15, 0.2) is 6.61 Å². The van der Waals surface area contributed by atoms with Crippen LogP contribution in [0.3, 0.4) is 0 Å². The van der Waals surface area contributed by atoms with Crippen LogP contribution in [0.5, 0.6) is 5.75 Å². The predicted octanol–water partition coefficient (Wildman–Crippen LogP) is 5.44. The maximum atomic E-state index is 12.0. The molecule has 0 aliphatic carbocycles. The van der Waals surface area contributed by atoms with Crippen molar-refractivity contribution in [3.63, 3.8) is 0 Å². The summed E-state index contributed by atoms with van der Waals surface area (Å²) in [6.45, 7) is 1.97. The largest absolute Gasteiger partial charge is 0.483 e. The highest BCUT2D eigenvalue weighted by Crippen LogP contribution is 2.26. The van der Waals surface area contributed by atoms with Crippen molar-refractivity contribution >= 4 is 55.1 Å². The fraction of sp³-hybridized carbons (Fsp3) is 0.188. The number of carbonyl (C=O) groups excluding carboxylic acids is 1. The van der Waals surface area contributed by atoms with E-state index in [1.807, 2.05) is 31.2 Å². The number of nitrogens with one attached hydrogen (secondary N) is 1. The Labute approximate surface area is 151 Å². The van der Waals surface area contributed by atoms with Crippen LogP contribution in [-0.2, 0) is 11.2 Å². The number of anilines is 1. The Morgan fingerprint density at radius 3 is 2.55 bits per heavy atom. The Morgan fingerprint density at radius 2 is 1.86 bits per heavy atom. The molecule has 0 aliphatic rings. The van der Waals surface area contributed by atoms with Gasteiger partial charge >= 0.3 is 0 Å². The number of aryl methyl sites for hydroxylation is 1. The highest BCUT2D eigenvalue weighted by atomic mass is 79.9. The normalized spacial score (nSPS) is 10.4. The summed E-state index contributed by atoms with van der Waals surface area (Å²) in [5.41, 5.74) is 1.61. The Balaban J connectivity index is 1.98. The van der Waals surface area contributed by atoms with Crippen LogP contribution >= 0.6 is 43.5 Å². The molecule has 0 aliphatic heterocycles. The number of halogens is 3. The smallest absolute Gasteiger partial charge is 0.262 e. The second-order valence-electron chi connectivity index (χ2n) is 4.57. The fourth-order valence-electron chi connectivity index (χ4n) is 1.89. The van der Waals surface area contributed by atoms with Crippen molar-refractivity contribution in [1.29, 1.82) is 0 Å². The number of amides is 1. The zero-order valence-electron chi connectivity index (χ0n) is 11.8. The van der Waals surface area contributed by atoms with Crippen LogP contribution in [-0.4, -0.2) is 12.5 Å². The molecule has 0 radical (unpaired) electrons. The van der Waals surface area contributed by atoms with Crippen molar-refractivity contribution in [2.45, 2.75) is 13.3 Å². The molecule has 0 heterocycles. The van der Waals surface area contributed by atoms with Crippen molar-refractivity contribution in [2.75, 3.05) is 11.9 Å². The lowest BCUT2D eigenvalue weighted by molar-refractivity contribution is -0.118. The van der Waals surface area contributed by atoms with Gasteiger partial charge in [-0.1, -0.05) is 50.4 Å². The van der Waals surface area contributed by atoms with E-state index >= 15 is 0 Å². The van der Waals surface area contributed by atoms with Gasteiger partial charge in [-0.2, -0.15) is 0 Å². The first-order valence-corrected chi connectivity index (χ1v) is 8.62. The fourth-order valence-corrected chi connectivity index (χ4v) is 3.01. The van der Waals surface area contributed by atoms with E-state index < -0.39 is 0 Å². The van der Waals surface area contributed by atoms with Crippen LogP contribution in [0.4, 0.5) is 5.69 Å². The highest BCUT2D eigenvalue weighted by molar-refractivity contribution is 9.10. The van der Waals surface area contributed by atoms with Crippen molar-refractivity contribution in [3.8, 4) is 5.75 Å². The van der Waals surface area contributed by atoms with Gasteiger partial charge in [-0.15, -0.1) is 0 Å². The van der Waals surface area contributed by atoms with Crippen LogP contribution in [0.1, 0.15) is 12.5 Å². The first-order chi connectivity index (χ1) is 10.5. The Kier molecular flexibility index (Phi) is 6.29. The van der Waals surface area contributed by atoms with Gasteiger partial charge < -0.3 is 10.1 Å². The monoisotopic (exact) mass is 445 g/mol. The molecule has 0 saturated carbocycles. The van der Waals surface area contributed by atoms with E-state index in [0.29, 0.717) is 16.5 Å². The van der Waals surface area contributed by atoms with Crippen LogP contribution in [0.2, 0.25) is 5.02 Å². The summed E-state index contributed by atoms with van der Waals surface area (Å²) in [6, 6.07) is 11.0. The Morgan fingerprint density at radius 1 is 1.18 bits per heavy atom. The minimum absolute atomic E-state index is 0.0684. The molecule has 1 N–H and O–H groups in total. The summed E-state index contributed by atoms with van der Waals surface area (Å²) in [5, 5.41) is 3.20. The maximum Gasteiger partial charge on any atom is 0.262 e. The summed E-state index contributed by atoms with van der Waals surface area (Å²) in [6.07, 6.45) is 0.828. The molecule has 0 aromatic heterocycles. The molecule has 0 bridgehead atoms. The zero-order valence-corrected chi connectivity index (χ0v) is 15.8. The molecule has 2 aromatic carbocycles. The lowest BCUT2D eigenvalue weighted by Gasteiger charge is -2.12. The third-order valence-corrected chi connectivity index (χ3v) is 4.27. The van der Waals surface area contributed by atoms with Gasteiger partial charge in [0.05, 0.1) is 10.7 Å². The average Bonchev–Trinajstić information content (AvgIpc) is 2.48. The van der Waals surface area contributed by atoms with E-state index in [4.69, 9.17) is 16.3 Å². The second-order valence-corrected chi connectivity index (χ2v) is 6.81. The predicted molar refractivity (Wildman–Crippen MR) is 96.8 cm³/mol. The Hall–Kier alpha value is -1.04. The molecular formula is C16H14Br2ClNO2. The van der Waals surface area contributed by atoms with Crippen molar-refractivity contribution in [3.05, 3.63) is 55.9 Å². The van der Waals surface area contributed by atoms with Gasteiger partial charge in [0, 0.05) is 8.95 Å². The standard InChI is InChI=1S/C16H14Br2ClNO2/c1-2-10-7-11(17)4-6-15(10)22-9-16(21)20-14-5-3-12(18)8-13(14)19/h3-8H,2,9H2,1H3,(H,20,21). The van der Waals surface area contributed by atoms with Crippen LogP contribution in [0.25, 0.3) is 0 Å². The highest BCUT2D eigenvalue weighted by Gasteiger charge is 2.09. The number of benzene rings is 2. The molecule has 0 fully saturated rings. The average molecular weight is 448 g/mol. The van der Waals surface area contributed by atoms with E-state index in [1.54, 1.807) is 12.1 Å². The summed E-state index contributed by atoms with van der Waals surface area (Å²) < 4.78 is 7.44. The number of rotatable bonds is 5. The van der Waals surface area contributed by atoms with Gasteiger partial charge in [-0.25, -0.2) is 0 Å². The first-order valence-electron chi connectivity index (χ1n) is 6.65. The van der Waals surface area contributed by atoms with Gasteiger partial charge in [0.25, 0.3) is 5.91 Å². The molecule has 0 atom stereocenters. The zero-order chi connectivity index (χ0) is 16.1. The van der Waals surface area contributed by atoms with E-state index in [1.165, 1.54) is 0 Å². The Bertz CT molecular complexity index is 692. The van der Waals surface area contributed by atoms with Gasteiger partial charge in [0.1, 0.15) is 5.75 Å². The van der Waals surface area contributed by atoms with E-state index in [9.17, 15) is 4.79 Å². The molecule has 2 aromatic rings. The molecule has 3 nitrogen and oxygen atoms in total. The number of ether oxygens (including phenoxy) is 1. The molecular weight excluding hydrogens is 433 g/mol. The van der Waals surface area contributed by atoms with Gasteiger partial charge in [-0.05, 0) is 48.4 Å². The second kappa shape index (κ2) is 7.99. The van der Waals surface area contributed by atoms with Crippen LogP contribution in [0, 0.1) is 0 Å². The van der Waals surface area contributed by atoms with E-state index in [0.717, 1.165) is 20.9 Å². The third kappa shape index (κ3) is 4.73. The summed E-state index contributed by atoms with van der Waals surface area (Å²) in [5.74, 6) is 0.456. The van der Waals surface area contributed by atoms with Crippen LogP contribution in [0.15, 0.2) is 45.3 Å². The number of hydrogen-bond acceptors (Lipinski definition) is 2. The molecule has 0 saturated heterocycles. The molecule has 0 spiro atoms. The van der Waals surface area contributed by atoms with E-state index in [-0.39, 0.29) is 12.5 Å². The quantitative estimate of drug-likeness (QED) is 0.662. The number of carbonyl (C=O) groups is 1. The van der Waals surface area contributed by atoms with E-state index in [2.05, 4.69) is 37.2 Å². The molecule has 1 amide bonds. The summed E-state index contributed by atoms with van der Waals surface area (Å²) in [4.78, 5) is 12.0. The minimum Gasteiger partial charge on any atom is -0.483 e. The van der Waals surface area contributed by atoms with Crippen molar-refractivity contribution < 1.29 is 9.53 Å². The first kappa shape index (κ1) is 17.3. The topological polar surface area (TPSA) is 38.3 Å². The van der Waals surface area contributed by atoms with Crippen LogP contribution < -0.4 is 10.1 Å². The summed E-state index contributed by atoms with van der Waals surface area (Å²) >= 11 is 12.8. The molecule has 0 unspecified atom stereocenters. The third-order valence-electron chi connectivity index (χ3n) is 2.97. The SMILES string of the molecule is CCc1cc(Br)ccc1OCC(=O)Nc1ccc(Br)cc1Cl. The van der Waals surface area contributed by atoms with Gasteiger partial charge in [-0.3, -0.25) is 4.79 Å². The molecule has 6 heteroatoms. The maximum absolute atomic E-state index is 12.0. The number of hydrogen-bond donors (Lipinski definition) is 1. The van der Waals surface area contributed by atoms with Crippen molar-refractivity contribution in [1.82, 2.24) is 0 Å².